The average molecular weight is 263 g/mol. The number of amides is 1. The van der Waals surface area contributed by atoms with E-state index in [0.29, 0.717) is 6.54 Å². The molecular weight excluding hydrogens is 247 g/mol. The summed E-state index contributed by atoms with van der Waals surface area (Å²) in [6.07, 6.45) is 1.84. The summed E-state index contributed by atoms with van der Waals surface area (Å²) in [6.45, 7) is 0.722. The van der Waals surface area contributed by atoms with Crippen molar-refractivity contribution in [3.63, 3.8) is 0 Å². The van der Waals surface area contributed by atoms with Gasteiger partial charge in [0.2, 0.25) is 5.91 Å². The Morgan fingerprint density at radius 1 is 1.31 bits per heavy atom. The molecule has 5 heteroatoms. The minimum atomic E-state index is -0.105. The highest BCUT2D eigenvalue weighted by Crippen LogP contribution is 2.10. The van der Waals surface area contributed by atoms with Crippen LogP contribution >= 0.6 is 24.0 Å². The van der Waals surface area contributed by atoms with E-state index >= 15 is 0 Å². The molecule has 3 nitrogen and oxygen atoms in total. The third-order valence-electron chi connectivity index (χ3n) is 2.06. The van der Waals surface area contributed by atoms with Crippen LogP contribution in [0.15, 0.2) is 24.3 Å². The van der Waals surface area contributed by atoms with Gasteiger partial charge in [0.1, 0.15) is 0 Å². The van der Waals surface area contributed by atoms with E-state index in [4.69, 9.17) is 17.3 Å². The predicted molar refractivity (Wildman–Crippen MR) is 69.1 cm³/mol. The maximum Gasteiger partial charge on any atom is 0.233 e. The lowest BCUT2D eigenvalue weighted by atomic mass is 10.1. The number of nitrogens with two attached hydrogens (primary N) is 1. The van der Waals surface area contributed by atoms with E-state index in [0.717, 1.165) is 17.9 Å². The van der Waals surface area contributed by atoms with Gasteiger partial charge in [0, 0.05) is 11.6 Å². The van der Waals surface area contributed by atoms with Crippen LogP contribution in [-0.4, -0.2) is 19.0 Å². The normalized spacial score (nSPS) is 9.38. The summed E-state index contributed by atoms with van der Waals surface area (Å²) in [5.41, 5.74) is 6.38. The van der Waals surface area contributed by atoms with E-state index in [1.54, 1.807) is 0 Å². The highest BCUT2D eigenvalue weighted by molar-refractivity contribution is 6.30. The summed E-state index contributed by atoms with van der Waals surface area (Å²) in [7, 11) is 0. The molecule has 0 atom stereocenters. The van der Waals surface area contributed by atoms with Gasteiger partial charge < -0.3 is 11.1 Å². The summed E-state index contributed by atoms with van der Waals surface area (Å²) in [5, 5.41) is 3.47. The number of carbonyl (C=O) groups is 1. The molecule has 0 aliphatic heterocycles. The van der Waals surface area contributed by atoms with E-state index in [1.807, 2.05) is 24.3 Å². The van der Waals surface area contributed by atoms with Crippen molar-refractivity contribution < 1.29 is 4.79 Å². The minimum absolute atomic E-state index is 0. The summed E-state index contributed by atoms with van der Waals surface area (Å²) in [6, 6.07) is 7.73. The fourth-order valence-electron chi connectivity index (χ4n) is 1.24. The fraction of sp³-hybridized carbons (Fsp3) is 0.364. The fourth-order valence-corrected chi connectivity index (χ4v) is 1.37. The van der Waals surface area contributed by atoms with Crippen LogP contribution < -0.4 is 11.1 Å². The number of hydrogen-bond donors (Lipinski definition) is 2. The maximum atomic E-state index is 10.8. The SMILES string of the molecule is Cl.NCC(=O)NCCCc1ccc(Cl)cc1. The molecule has 0 aliphatic rings. The number of hydrogen-bond acceptors (Lipinski definition) is 2. The molecule has 0 fully saturated rings. The monoisotopic (exact) mass is 262 g/mol. The van der Waals surface area contributed by atoms with Gasteiger partial charge in [0.25, 0.3) is 0 Å². The third-order valence-corrected chi connectivity index (χ3v) is 2.32. The second kappa shape index (κ2) is 8.39. The molecule has 0 bridgehead atoms. The van der Waals surface area contributed by atoms with Crippen molar-refractivity contribution in [2.45, 2.75) is 12.8 Å². The lowest BCUT2D eigenvalue weighted by molar-refractivity contribution is -0.119. The Labute approximate surface area is 107 Å². The Morgan fingerprint density at radius 2 is 1.94 bits per heavy atom. The highest BCUT2D eigenvalue weighted by Gasteiger charge is 1.96. The zero-order valence-corrected chi connectivity index (χ0v) is 10.5. The molecule has 0 spiro atoms. The first kappa shape index (κ1) is 15.2. The largest absolute Gasteiger partial charge is 0.355 e. The van der Waals surface area contributed by atoms with Gasteiger partial charge in [-0.25, -0.2) is 0 Å². The first-order valence-corrected chi connectivity index (χ1v) is 5.31. The van der Waals surface area contributed by atoms with Crippen molar-refractivity contribution in [2.75, 3.05) is 13.1 Å². The van der Waals surface area contributed by atoms with Gasteiger partial charge in [-0.3, -0.25) is 4.79 Å². The van der Waals surface area contributed by atoms with Crippen molar-refractivity contribution in [1.29, 1.82) is 0 Å². The molecule has 0 aliphatic carbocycles. The van der Waals surface area contributed by atoms with Gasteiger partial charge in [-0.1, -0.05) is 23.7 Å². The third kappa shape index (κ3) is 5.95. The molecule has 0 radical (unpaired) electrons. The van der Waals surface area contributed by atoms with Crippen LogP contribution in [0.4, 0.5) is 0 Å². The van der Waals surface area contributed by atoms with E-state index in [2.05, 4.69) is 5.32 Å². The van der Waals surface area contributed by atoms with Crippen molar-refractivity contribution in [3.8, 4) is 0 Å². The highest BCUT2D eigenvalue weighted by atomic mass is 35.5. The molecule has 0 aromatic heterocycles. The quantitative estimate of drug-likeness (QED) is 0.795. The van der Waals surface area contributed by atoms with Crippen molar-refractivity contribution in [3.05, 3.63) is 34.9 Å². The van der Waals surface area contributed by atoms with Crippen molar-refractivity contribution in [2.24, 2.45) is 5.73 Å². The predicted octanol–water partition coefficient (Wildman–Crippen LogP) is 1.77. The molecule has 16 heavy (non-hydrogen) atoms. The van der Waals surface area contributed by atoms with Gasteiger partial charge >= 0.3 is 0 Å². The smallest absolute Gasteiger partial charge is 0.233 e. The minimum Gasteiger partial charge on any atom is -0.355 e. The topological polar surface area (TPSA) is 55.1 Å². The average Bonchev–Trinajstić information content (AvgIpc) is 2.26. The number of carbonyl (C=O) groups excluding carboxylic acids is 1. The number of nitrogens with one attached hydrogen (secondary N) is 1. The Kier molecular flexibility index (Phi) is 7.99. The zero-order valence-electron chi connectivity index (χ0n) is 8.91. The molecule has 1 rings (SSSR count). The van der Waals surface area contributed by atoms with Crippen LogP contribution in [0.5, 0.6) is 0 Å². The Balaban J connectivity index is 0.00000225. The summed E-state index contributed by atoms with van der Waals surface area (Å²) in [4.78, 5) is 10.8. The van der Waals surface area contributed by atoms with Gasteiger partial charge in [0.15, 0.2) is 0 Å². The van der Waals surface area contributed by atoms with Crippen molar-refractivity contribution >= 4 is 29.9 Å². The number of aryl methyl sites for hydroxylation is 1. The van der Waals surface area contributed by atoms with E-state index in [9.17, 15) is 4.79 Å². The number of benzene rings is 1. The first-order valence-electron chi connectivity index (χ1n) is 4.93. The summed E-state index contributed by atoms with van der Waals surface area (Å²) < 4.78 is 0. The molecule has 1 amide bonds. The van der Waals surface area contributed by atoms with Crippen LogP contribution in [0, 0.1) is 0 Å². The molecule has 0 heterocycles. The number of halogens is 2. The standard InChI is InChI=1S/C11H15ClN2O.ClH/c12-10-5-3-9(4-6-10)2-1-7-14-11(15)8-13;/h3-6H,1-2,7-8,13H2,(H,14,15);1H. The number of rotatable bonds is 5. The van der Waals surface area contributed by atoms with Crippen LogP contribution in [0.2, 0.25) is 5.02 Å². The van der Waals surface area contributed by atoms with E-state index < -0.39 is 0 Å². The van der Waals surface area contributed by atoms with E-state index in [-0.39, 0.29) is 24.9 Å². The molecule has 1 aromatic carbocycles. The molecule has 90 valence electrons. The molecule has 0 saturated heterocycles. The Bertz CT molecular complexity index is 314. The second-order valence-corrected chi connectivity index (χ2v) is 3.72. The summed E-state index contributed by atoms with van der Waals surface area (Å²) >= 11 is 5.76. The van der Waals surface area contributed by atoms with Crippen LogP contribution in [0.3, 0.4) is 0 Å². The van der Waals surface area contributed by atoms with Crippen LogP contribution in [0.1, 0.15) is 12.0 Å². The maximum absolute atomic E-state index is 10.8. The molecular formula is C11H16Cl2N2O. The van der Waals surface area contributed by atoms with Gasteiger partial charge in [-0.2, -0.15) is 0 Å². The van der Waals surface area contributed by atoms with E-state index in [1.165, 1.54) is 5.56 Å². The lowest BCUT2D eigenvalue weighted by Crippen LogP contribution is -2.31. The van der Waals surface area contributed by atoms with Crippen LogP contribution in [-0.2, 0) is 11.2 Å². The Morgan fingerprint density at radius 3 is 2.50 bits per heavy atom. The zero-order chi connectivity index (χ0) is 11.1. The van der Waals surface area contributed by atoms with Gasteiger partial charge in [0.05, 0.1) is 6.54 Å². The molecule has 0 saturated carbocycles. The molecule has 1 aromatic rings. The molecule has 3 N–H and O–H groups in total. The van der Waals surface area contributed by atoms with Crippen molar-refractivity contribution in [1.82, 2.24) is 5.32 Å². The van der Waals surface area contributed by atoms with Crippen LogP contribution in [0.25, 0.3) is 0 Å². The summed E-state index contributed by atoms with van der Waals surface area (Å²) in [5.74, 6) is -0.105. The van der Waals surface area contributed by atoms with Gasteiger partial charge in [-0.05, 0) is 30.5 Å². The molecule has 0 unspecified atom stereocenters. The lowest BCUT2D eigenvalue weighted by Gasteiger charge is -2.03. The first-order chi connectivity index (χ1) is 7.22. The van der Waals surface area contributed by atoms with Gasteiger partial charge in [-0.15, -0.1) is 12.4 Å². The Hall–Kier alpha value is -0.770. The second-order valence-electron chi connectivity index (χ2n) is 3.28.